The number of amides is 1. The lowest BCUT2D eigenvalue weighted by Crippen LogP contribution is -2.33. The second-order valence-corrected chi connectivity index (χ2v) is 6.97. The first-order valence-electron chi connectivity index (χ1n) is 8.56. The van der Waals surface area contributed by atoms with Gasteiger partial charge in [-0.15, -0.1) is 0 Å². The molecule has 2 N–H and O–H groups in total. The molecule has 1 aromatic carbocycles. The molecule has 0 aliphatic carbocycles. The van der Waals surface area contributed by atoms with Gasteiger partial charge in [0.2, 0.25) is 5.91 Å². The molecule has 1 atom stereocenters. The molecule has 1 amide bonds. The summed E-state index contributed by atoms with van der Waals surface area (Å²) < 4.78 is 5.65. The predicted octanol–water partition coefficient (Wildman–Crippen LogP) is 3.79. The van der Waals surface area contributed by atoms with E-state index in [0.717, 1.165) is 5.56 Å². The number of hydrogen-bond acceptors (Lipinski definition) is 4. The standard InChI is InChI=1S/C19H23ClN2O4/c1-12(2)9-13(19(24)25)10-21-17(23)7-8-18-22-11-16(26-18)14-5-3-4-6-15(14)20/h3-6,11-13H,7-10H2,1-2H3,(H,21,23)(H,24,25). The second kappa shape index (κ2) is 9.38. The number of carbonyl (C=O) groups is 2. The monoisotopic (exact) mass is 378 g/mol. The van der Waals surface area contributed by atoms with Gasteiger partial charge in [0.1, 0.15) is 0 Å². The minimum atomic E-state index is -0.893. The van der Waals surface area contributed by atoms with E-state index in [2.05, 4.69) is 10.3 Å². The second-order valence-electron chi connectivity index (χ2n) is 6.57. The number of nitrogens with zero attached hydrogens (tertiary/aromatic N) is 1. The van der Waals surface area contributed by atoms with Crippen LogP contribution < -0.4 is 5.32 Å². The molecule has 0 bridgehead atoms. The number of carboxylic acid groups (broad SMARTS) is 1. The smallest absolute Gasteiger partial charge is 0.308 e. The number of halogens is 1. The largest absolute Gasteiger partial charge is 0.481 e. The number of nitrogens with one attached hydrogen (secondary N) is 1. The number of rotatable bonds is 9. The van der Waals surface area contributed by atoms with Crippen LogP contribution in [0.15, 0.2) is 34.9 Å². The summed E-state index contributed by atoms with van der Waals surface area (Å²) in [5.74, 6) is -0.453. The predicted molar refractivity (Wildman–Crippen MR) is 98.9 cm³/mol. The summed E-state index contributed by atoms with van der Waals surface area (Å²) in [5.41, 5.74) is 0.746. The number of benzene rings is 1. The van der Waals surface area contributed by atoms with Gasteiger partial charge in [-0.2, -0.15) is 0 Å². The van der Waals surface area contributed by atoms with Gasteiger partial charge in [0, 0.05) is 24.9 Å². The minimum Gasteiger partial charge on any atom is -0.481 e. The van der Waals surface area contributed by atoms with Gasteiger partial charge in [-0.1, -0.05) is 37.6 Å². The Morgan fingerprint density at radius 3 is 2.69 bits per heavy atom. The molecule has 2 rings (SSSR count). The number of oxazole rings is 1. The van der Waals surface area contributed by atoms with Crippen molar-refractivity contribution in [3.63, 3.8) is 0 Å². The molecular weight excluding hydrogens is 356 g/mol. The van der Waals surface area contributed by atoms with Crippen LogP contribution >= 0.6 is 11.6 Å². The minimum absolute atomic E-state index is 0.128. The fourth-order valence-corrected chi connectivity index (χ4v) is 2.83. The Morgan fingerprint density at radius 2 is 2.04 bits per heavy atom. The molecule has 0 saturated carbocycles. The lowest BCUT2D eigenvalue weighted by atomic mass is 9.97. The molecule has 2 aromatic rings. The van der Waals surface area contributed by atoms with Crippen LogP contribution in [0.3, 0.4) is 0 Å². The van der Waals surface area contributed by atoms with Gasteiger partial charge in [-0.05, 0) is 24.5 Å². The molecule has 0 spiro atoms. The van der Waals surface area contributed by atoms with Crippen LogP contribution in [0, 0.1) is 11.8 Å². The van der Waals surface area contributed by atoms with Crippen molar-refractivity contribution in [3.05, 3.63) is 41.4 Å². The average Bonchev–Trinajstić information content (AvgIpc) is 3.05. The number of aryl methyl sites for hydroxylation is 1. The summed E-state index contributed by atoms with van der Waals surface area (Å²) in [7, 11) is 0. The van der Waals surface area contributed by atoms with Crippen molar-refractivity contribution in [3.8, 4) is 11.3 Å². The van der Waals surface area contributed by atoms with Crippen molar-refractivity contribution in [1.82, 2.24) is 10.3 Å². The Labute approximate surface area is 157 Å². The number of hydrogen-bond donors (Lipinski definition) is 2. The fourth-order valence-electron chi connectivity index (χ4n) is 2.60. The zero-order valence-corrected chi connectivity index (χ0v) is 15.6. The molecule has 0 aliphatic heterocycles. The van der Waals surface area contributed by atoms with Crippen molar-refractivity contribution in [2.45, 2.75) is 33.1 Å². The van der Waals surface area contributed by atoms with E-state index >= 15 is 0 Å². The average molecular weight is 379 g/mol. The van der Waals surface area contributed by atoms with Gasteiger partial charge in [-0.25, -0.2) is 4.98 Å². The van der Waals surface area contributed by atoms with Crippen LogP contribution in [0.4, 0.5) is 0 Å². The maximum Gasteiger partial charge on any atom is 0.308 e. The molecule has 0 fully saturated rings. The molecule has 6 nitrogen and oxygen atoms in total. The topological polar surface area (TPSA) is 92.4 Å². The van der Waals surface area contributed by atoms with Crippen LogP contribution in [-0.2, 0) is 16.0 Å². The van der Waals surface area contributed by atoms with Gasteiger partial charge in [0.25, 0.3) is 0 Å². The third-order valence-corrected chi connectivity index (χ3v) is 4.24. The molecule has 1 heterocycles. The highest BCUT2D eigenvalue weighted by Gasteiger charge is 2.19. The van der Waals surface area contributed by atoms with Crippen LogP contribution in [0.25, 0.3) is 11.3 Å². The normalized spacial score (nSPS) is 12.2. The summed E-state index contributed by atoms with van der Waals surface area (Å²) in [6.45, 7) is 4.04. The molecular formula is C19H23ClN2O4. The highest BCUT2D eigenvalue weighted by Crippen LogP contribution is 2.28. The van der Waals surface area contributed by atoms with E-state index < -0.39 is 11.9 Å². The first kappa shape index (κ1) is 20.0. The van der Waals surface area contributed by atoms with Gasteiger partial charge < -0.3 is 14.8 Å². The Hall–Kier alpha value is -2.34. The molecule has 0 saturated heterocycles. The van der Waals surface area contributed by atoms with E-state index in [0.29, 0.717) is 29.5 Å². The van der Waals surface area contributed by atoms with E-state index in [1.165, 1.54) is 0 Å². The molecule has 7 heteroatoms. The van der Waals surface area contributed by atoms with Gasteiger partial charge >= 0.3 is 5.97 Å². The Bertz CT molecular complexity index is 758. The summed E-state index contributed by atoms with van der Waals surface area (Å²) in [6.07, 6.45) is 2.61. The lowest BCUT2D eigenvalue weighted by molar-refractivity contribution is -0.142. The summed E-state index contributed by atoms with van der Waals surface area (Å²) in [4.78, 5) is 27.3. The van der Waals surface area contributed by atoms with Crippen molar-refractivity contribution >= 4 is 23.5 Å². The van der Waals surface area contributed by atoms with E-state index in [-0.39, 0.29) is 24.8 Å². The van der Waals surface area contributed by atoms with Crippen LogP contribution in [0.5, 0.6) is 0 Å². The third kappa shape index (κ3) is 5.88. The third-order valence-electron chi connectivity index (χ3n) is 3.91. The van der Waals surface area contributed by atoms with E-state index in [4.69, 9.17) is 16.0 Å². The summed E-state index contributed by atoms with van der Waals surface area (Å²) >= 11 is 6.13. The van der Waals surface area contributed by atoms with Crippen LogP contribution in [-0.4, -0.2) is 28.5 Å². The number of carboxylic acids is 1. The zero-order valence-electron chi connectivity index (χ0n) is 14.9. The quantitative estimate of drug-likeness (QED) is 0.692. The maximum absolute atomic E-state index is 12.0. The molecule has 1 unspecified atom stereocenters. The number of carbonyl (C=O) groups excluding carboxylic acids is 1. The van der Waals surface area contributed by atoms with Gasteiger partial charge in [-0.3, -0.25) is 9.59 Å². The lowest BCUT2D eigenvalue weighted by Gasteiger charge is -2.15. The molecule has 1 aromatic heterocycles. The van der Waals surface area contributed by atoms with Crippen LogP contribution in [0.1, 0.15) is 32.6 Å². The Morgan fingerprint density at radius 1 is 1.31 bits per heavy atom. The molecule has 26 heavy (non-hydrogen) atoms. The SMILES string of the molecule is CC(C)CC(CNC(=O)CCc1ncc(-c2ccccc2Cl)o1)C(=O)O. The highest BCUT2D eigenvalue weighted by molar-refractivity contribution is 6.33. The molecule has 0 aliphatic rings. The van der Waals surface area contributed by atoms with Gasteiger partial charge in [0.15, 0.2) is 11.7 Å². The highest BCUT2D eigenvalue weighted by atomic mass is 35.5. The van der Waals surface area contributed by atoms with Crippen molar-refractivity contribution in [2.24, 2.45) is 11.8 Å². The van der Waals surface area contributed by atoms with Crippen molar-refractivity contribution < 1.29 is 19.1 Å². The first-order valence-corrected chi connectivity index (χ1v) is 8.93. The number of aliphatic carboxylic acids is 1. The van der Waals surface area contributed by atoms with E-state index in [1.54, 1.807) is 12.3 Å². The van der Waals surface area contributed by atoms with Crippen molar-refractivity contribution in [2.75, 3.05) is 6.54 Å². The maximum atomic E-state index is 12.0. The first-order chi connectivity index (χ1) is 12.4. The number of aromatic nitrogens is 1. The molecule has 140 valence electrons. The van der Waals surface area contributed by atoms with E-state index in [9.17, 15) is 14.7 Å². The van der Waals surface area contributed by atoms with Gasteiger partial charge in [0.05, 0.1) is 17.1 Å². The van der Waals surface area contributed by atoms with E-state index in [1.807, 2.05) is 32.0 Å². The Balaban J connectivity index is 1.84. The fraction of sp³-hybridized carbons (Fsp3) is 0.421. The van der Waals surface area contributed by atoms with Crippen LogP contribution in [0.2, 0.25) is 5.02 Å². The Kier molecular flexibility index (Phi) is 7.21. The summed E-state index contributed by atoms with van der Waals surface area (Å²) in [5, 5.41) is 12.4. The summed E-state index contributed by atoms with van der Waals surface area (Å²) in [6, 6.07) is 7.28. The zero-order chi connectivity index (χ0) is 19.1. The molecule has 0 radical (unpaired) electrons. The van der Waals surface area contributed by atoms with Crippen molar-refractivity contribution in [1.29, 1.82) is 0 Å².